The molecule has 0 atom stereocenters. The van der Waals surface area contributed by atoms with Gasteiger partial charge in [0.15, 0.2) is 11.0 Å². The standard InChI is InChI=1S/C21H32N6OS/c1-4-27-20(18-8-5-7-17(2)15-18)23-24-21(27)29-16-19(28)22-9-6-10-26-13-11-25(3)12-14-26/h5,7-8,15H,4,6,9-14,16H2,1-3H3,(H,22,28). The van der Waals surface area contributed by atoms with Gasteiger partial charge in [-0.25, -0.2) is 0 Å². The van der Waals surface area contributed by atoms with Crippen molar-refractivity contribution in [3.63, 3.8) is 0 Å². The number of hydrogen-bond acceptors (Lipinski definition) is 6. The molecule has 0 bridgehead atoms. The van der Waals surface area contributed by atoms with Crippen LogP contribution in [0, 0.1) is 6.92 Å². The molecule has 7 nitrogen and oxygen atoms in total. The van der Waals surface area contributed by atoms with Gasteiger partial charge in [-0.3, -0.25) is 4.79 Å². The fourth-order valence-electron chi connectivity index (χ4n) is 3.46. The molecule has 1 N–H and O–H groups in total. The molecule has 0 aliphatic carbocycles. The highest BCUT2D eigenvalue weighted by Crippen LogP contribution is 2.24. The molecule has 158 valence electrons. The minimum Gasteiger partial charge on any atom is -0.355 e. The minimum atomic E-state index is 0.0520. The Morgan fingerprint density at radius 1 is 1.21 bits per heavy atom. The third-order valence-electron chi connectivity index (χ3n) is 5.21. The van der Waals surface area contributed by atoms with Crippen LogP contribution >= 0.6 is 11.8 Å². The van der Waals surface area contributed by atoms with Crippen molar-refractivity contribution in [2.24, 2.45) is 0 Å². The van der Waals surface area contributed by atoms with Crippen LogP contribution in [0.15, 0.2) is 29.4 Å². The van der Waals surface area contributed by atoms with Crippen molar-refractivity contribution in [2.45, 2.75) is 32.0 Å². The number of aromatic nitrogens is 3. The molecule has 1 amide bonds. The predicted octanol–water partition coefficient (Wildman–Crippen LogP) is 2.12. The molecule has 1 aliphatic rings. The number of aryl methyl sites for hydroxylation is 1. The van der Waals surface area contributed by atoms with E-state index >= 15 is 0 Å². The van der Waals surface area contributed by atoms with Crippen molar-refractivity contribution >= 4 is 17.7 Å². The van der Waals surface area contributed by atoms with E-state index in [1.165, 1.54) is 17.3 Å². The van der Waals surface area contributed by atoms with Crippen LogP contribution in [-0.2, 0) is 11.3 Å². The van der Waals surface area contributed by atoms with E-state index in [1.54, 1.807) is 0 Å². The molecular weight excluding hydrogens is 384 g/mol. The van der Waals surface area contributed by atoms with Crippen LogP contribution in [0.5, 0.6) is 0 Å². The van der Waals surface area contributed by atoms with Gasteiger partial charge in [0.25, 0.3) is 0 Å². The Hall–Kier alpha value is -1.90. The number of hydrogen-bond donors (Lipinski definition) is 1. The molecule has 0 saturated carbocycles. The van der Waals surface area contributed by atoms with E-state index in [0.717, 1.165) is 68.8 Å². The molecule has 0 radical (unpaired) electrons. The van der Waals surface area contributed by atoms with E-state index in [2.05, 4.69) is 62.9 Å². The minimum absolute atomic E-state index is 0.0520. The number of likely N-dealkylation sites (N-methyl/N-ethyl adjacent to an activating group) is 1. The quantitative estimate of drug-likeness (QED) is 0.499. The summed E-state index contributed by atoms with van der Waals surface area (Å²) in [6, 6.07) is 8.25. The predicted molar refractivity (Wildman–Crippen MR) is 118 cm³/mol. The fourth-order valence-corrected chi connectivity index (χ4v) is 4.29. The van der Waals surface area contributed by atoms with Crippen LogP contribution < -0.4 is 5.32 Å². The molecule has 1 aliphatic heterocycles. The summed E-state index contributed by atoms with van der Waals surface area (Å²) in [4.78, 5) is 17.0. The summed E-state index contributed by atoms with van der Waals surface area (Å²) in [7, 11) is 2.17. The monoisotopic (exact) mass is 416 g/mol. The SMILES string of the molecule is CCn1c(SCC(=O)NCCCN2CCN(C)CC2)nnc1-c1cccc(C)c1. The number of rotatable bonds is 9. The maximum absolute atomic E-state index is 12.2. The number of thioether (sulfide) groups is 1. The second kappa shape index (κ2) is 10.8. The molecule has 0 unspecified atom stereocenters. The highest BCUT2D eigenvalue weighted by molar-refractivity contribution is 7.99. The van der Waals surface area contributed by atoms with Gasteiger partial charge in [0.2, 0.25) is 5.91 Å². The Balaban J connectivity index is 1.43. The number of nitrogens with zero attached hydrogens (tertiary/aromatic N) is 5. The summed E-state index contributed by atoms with van der Waals surface area (Å²) in [6.07, 6.45) is 0.989. The lowest BCUT2D eigenvalue weighted by molar-refractivity contribution is -0.118. The lowest BCUT2D eigenvalue weighted by Gasteiger charge is -2.32. The van der Waals surface area contributed by atoms with Gasteiger partial charge in [0.05, 0.1) is 5.75 Å². The lowest BCUT2D eigenvalue weighted by atomic mass is 10.1. The molecule has 3 rings (SSSR count). The van der Waals surface area contributed by atoms with Crippen LogP contribution in [0.4, 0.5) is 0 Å². The first-order chi connectivity index (χ1) is 14.1. The normalized spacial score (nSPS) is 15.6. The van der Waals surface area contributed by atoms with Crippen molar-refractivity contribution in [3.8, 4) is 11.4 Å². The van der Waals surface area contributed by atoms with Crippen LogP contribution in [0.3, 0.4) is 0 Å². The summed E-state index contributed by atoms with van der Waals surface area (Å²) < 4.78 is 2.07. The molecule has 2 heterocycles. The molecule has 1 saturated heterocycles. The zero-order chi connectivity index (χ0) is 20.6. The Bertz CT molecular complexity index is 800. The number of benzene rings is 1. The molecular formula is C21H32N6OS. The van der Waals surface area contributed by atoms with E-state index in [0.29, 0.717) is 5.75 Å². The van der Waals surface area contributed by atoms with E-state index in [1.807, 2.05) is 12.1 Å². The van der Waals surface area contributed by atoms with E-state index in [-0.39, 0.29) is 5.91 Å². The first-order valence-electron chi connectivity index (χ1n) is 10.4. The second-order valence-electron chi connectivity index (χ2n) is 7.56. The highest BCUT2D eigenvalue weighted by Gasteiger charge is 2.15. The first kappa shape index (κ1) is 21.8. The Morgan fingerprint density at radius 3 is 2.72 bits per heavy atom. The van der Waals surface area contributed by atoms with E-state index < -0.39 is 0 Å². The van der Waals surface area contributed by atoms with Gasteiger partial charge in [0, 0.05) is 44.8 Å². The van der Waals surface area contributed by atoms with Crippen LogP contribution in [0.2, 0.25) is 0 Å². The number of carbonyl (C=O) groups excluding carboxylic acids is 1. The summed E-state index contributed by atoms with van der Waals surface area (Å²) in [5, 5.41) is 12.5. The topological polar surface area (TPSA) is 66.3 Å². The van der Waals surface area contributed by atoms with Crippen molar-refractivity contribution < 1.29 is 4.79 Å². The zero-order valence-corrected chi connectivity index (χ0v) is 18.5. The maximum atomic E-state index is 12.2. The maximum Gasteiger partial charge on any atom is 0.230 e. The molecule has 1 fully saturated rings. The molecule has 29 heavy (non-hydrogen) atoms. The molecule has 0 spiro atoms. The Labute approximate surface area is 177 Å². The van der Waals surface area contributed by atoms with Crippen LogP contribution in [0.25, 0.3) is 11.4 Å². The van der Waals surface area contributed by atoms with Crippen molar-refractivity contribution in [1.82, 2.24) is 29.9 Å². The zero-order valence-electron chi connectivity index (χ0n) is 17.7. The summed E-state index contributed by atoms with van der Waals surface area (Å²) in [6.45, 7) is 11.2. The van der Waals surface area contributed by atoms with Gasteiger partial charge in [0.1, 0.15) is 0 Å². The van der Waals surface area contributed by atoms with E-state index in [4.69, 9.17) is 0 Å². The average Bonchev–Trinajstić information content (AvgIpc) is 3.14. The smallest absolute Gasteiger partial charge is 0.230 e. The lowest BCUT2D eigenvalue weighted by Crippen LogP contribution is -2.45. The third kappa shape index (κ3) is 6.29. The Morgan fingerprint density at radius 2 is 2.00 bits per heavy atom. The van der Waals surface area contributed by atoms with Gasteiger partial charge >= 0.3 is 0 Å². The van der Waals surface area contributed by atoms with Gasteiger partial charge in [-0.2, -0.15) is 0 Å². The van der Waals surface area contributed by atoms with Crippen LogP contribution in [0.1, 0.15) is 18.9 Å². The fraction of sp³-hybridized carbons (Fsp3) is 0.571. The molecule has 8 heteroatoms. The Kier molecular flexibility index (Phi) is 8.09. The molecule has 1 aromatic heterocycles. The third-order valence-corrected chi connectivity index (χ3v) is 6.18. The summed E-state index contributed by atoms with van der Waals surface area (Å²) >= 11 is 1.45. The highest BCUT2D eigenvalue weighted by atomic mass is 32.2. The second-order valence-corrected chi connectivity index (χ2v) is 8.50. The van der Waals surface area contributed by atoms with E-state index in [9.17, 15) is 4.79 Å². The van der Waals surface area contributed by atoms with Crippen molar-refractivity contribution in [3.05, 3.63) is 29.8 Å². The molecule has 1 aromatic carbocycles. The van der Waals surface area contributed by atoms with Crippen molar-refractivity contribution in [2.75, 3.05) is 52.1 Å². The number of nitrogens with one attached hydrogen (secondary N) is 1. The average molecular weight is 417 g/mol. The number of amides is 1. The summed E-state index contributed by atoms with van der Waals surface area (Å²) in [5.41, 5.74) is 2.25. The van der Waals surface area contributed by atoms with Crippen molar-refractivity contribution in [1.29, 1.82) is 0 Å². The van der Waals surface area contributed by atoms with Gasteiger partial charge in [-0.1, -0.05) is 35.5 Å². The summed E-state index contributed by atoms with van der Waals surface area (Å²) in [5.74, 6) is 1.27. The van der Waals surface area contributed by atoms with Gasteiger partial charge in [-0.15, -0.1) is 10.2 Å². The largest absolute Gasteiger partial charge is 0.355 e. The number of piperazine rings is 1. The molecule has 2 aromatic rings. The van der Waals surface area contributed by atoms with Gasteiger partial charge < -0.3 is 19.7 Å². The van der Waals surface area contributed by atoms with Crippen LogP contribution in [-0.4, -0.2) is 82.5 Å². The number of carbonyl (C=O) groups is 1. The first-order valence-corrected chi connectivity index (χ1v) is 11.4. The van der Waals surface area contributed by atoms with Gasteiger partial charge in [-0.05, 0) is 39.9 Å².